The molecule has 8 heteroatoms. The van der Waals surface area contributed by atoms with E-state index in [1.807, 2.05) is 0 Å². The van der Waals surface area contributed by atoms with E-state index in [1.165, 1.54) is 12.3 Å². The van der Waals surface area contributed by atoms with Crippen LogP contribution in [0.2, 0.25) is 0 Å². The van der Waals surface area contributed by atoms with Crippen LogP contribution in [0.1, 0.15) is 22.5 Å². The number of halogens is 1. The summed E-state index contributed by atoms with van der Waals surface area (Å²) in [4.78, 5) is 35.2. The Morgan fingerprint density at radius 2 is 1.92 bits per heavy atom. The number of carbonyl (C=O) groups excluding carboxylic acids is 2. The summed E-state index contributed by atoms with van der Waals surface area (Å²) in [5, 5.41) is 13.6. The minimum Gasteiger partial charge on any atom is -0.481 e. The number of benzene rings is 1. The smallest absolute Gasteiger partial charge is 0.305 e. The van der Waals surface area contributed by atoms with Crippen LogP contribution in [0.25, 0.3) is 6.08 Å². The van der Waals surface area contributed by atoms with Crippen LogP contribution < -0.4 is 10.6 Å². The summed E-state index contributed by atoms with van der Waals surface area (Å²) >= 11 is 3.28. The lowest BCUT2D eigenvalue weighted by atomic mass is 10.2. The van der Waals surface area contributed by atoms with Gasteiger partial charge in [-0.15, -0.1) is 0 Å². The lowest BCUT2D eigenvalue weighted by Crippen LogP contribution is -2.35. The molecule has 1 heterocycles. The van der Waals surface area contributed by atoms with Gasteiger partial charge in [-0.3, -0.25) is 14.4 Å². The van der Waals surface area contributed by atoms with Gasteiger partial charge in [0.15, 0.2) is 0 Å². The van der Waals surface area contributed by atoms with Crippen molar-refractivity contribution in [2.45, 2.75) is 6.42 Å². The standard InChI is InChI=1S/C17H15BrN2O5/c18-13-6-2-1-5-12(13)16(23)20-14(10-11-4-3-9-25-11)17(24)19-8-7-15(21)22/h1-6,9-10H,7-8H2,(H,19,24)(H,20,23)(H,21,22)/b14-10+. The summed E-state index contributed by atoms with van der Waals surface area (Å²) in [5.41, 5.74) is 0.298. The van der Waals surface area contributed by atoms with Crippen LogP contribution in [0.15, 0.2) is 57.2 Å². The van der Waals surface area contributed by atoms with Crippen LogP contribution in [0, 0.1) is 0 Å². The largest absolute Gasteiger partial charge is 0.481 e. The second-order valence-electron chi connectivity index (χ2n) is 4.91. The molecule has 2 amide bonds. The van der Waals surface area contributed by atoms with Gasteiger partial charge in [0.25, 0.3) is 11.8 Å². The average Bonchev–Trinajstić information content (AvgIpc) is 3.07. The van der Waals surface area contributed by atoms with Crippen LogP contribution in [0.5, 0.6) is 0 Å². The molecule has 0 bridgehead atoms. The van der Waals surface area contributed by atoms with Crippen molar-refractivity contribution >= 4 is 39.8 Å². The van der Waals surface area contributed by atoms with Gasteiger partial charge in [-0.2, -0.15) is 0 Å². The molecule has 25 heavy (non-hydrogen) atoms. The van der Waals surface area contributed by atoms with Crippen molar-refractivity contribution in [3.05, 3.63) is 64.2 Å². The fraction of sp³-hybridized carbons (Fsp3) is 0.118. The molecule has 2 rings (SSSR count). The number of carboxylic acid groups (broad SMARTS) is 1. The number of hydrogen-bond donors (Lipinski definition) is 3. The Morgan fingerprint density at radius 1 is 1.16 bits per heavy atom. The first-order valence-electron chi connectivity index (χ1n) is 7.28. The van der Waals surface area contributed by atoms with E-state index >= 15 is 0 Å². The Balaban J connectivity index is 2.17. The third kappa shape index (κ3) is 5.61. The number of amides is 2. The van der Waals surface area contributed by atoms with E-state index in [-0.39, 0.29) is 18.7 Å². The van der Waals surface area contributed by atoms with Gasteiger partial charge in [0.2, 0.25) is 0 Å². The summed E-state index contributed by atoms with van der Waals surface area (Å²) in [6.45, 7) is -0.0609. The van der Waals surface area contributed by atoms with E-state index in [0.29, 0.717) is 15.8 Å². The lowest BCUT2D eigenvalue weighted by Gasteiger charge is -2.11. The highest BCUT2D eigenvalue weighted by Gasteiger charge is 2.16. The first-order chi connectivity index (χ1) is 12.0. The fourth-order valence-corrected chi connectivity index (χ4v) is 2.35. The van der Waals surface area contributed by atoms with Gasteiger partial charge in [0, 0.05) is 17.1 Å². The highest BCUT2D eigenvalue weighted by atomic mass is 79.9. The van der Waals surface area contributed by atoms with Gasteiger partial charge in [0.1, 0.15) is 11.5 Å². The molecule has 0 aliphatic carbocycles. The molecule has 130 valence electrons. The van der Waals surface area contributed by atoms with Crippen molar-refractivity contribution in [2.24, 2.45) is 0 Å². The van der Waals surface area contributed by atoms with Crippen LogP contribution in [-0.2, 0) is 9.59 Å². The molecule has 0 spiro atoms. The molecule has 2 aromatic rings. The molecule has 3 N–H and O–H groups in total. The van der Waals surface area contributed by atoms with Crippen LogP contribution in [0.3, 0.4) is 0 Å². The topological polar surface area (TPSA) is 109 Å². The number of carbonyl (C=O) groups is 3. The third-order valence-corrected chi connectivity index (χ3v) is 3.76. The van der Waals surface area contributed by atoms with Gasteiger partial charge < -0.3 is 20.2 Å². The van der Waals surface area contributed by atoms with Gasteiger partial charge >= 0.3 is 5.97 Å². The van der Waals surface area contributed by atoms with E-state index in [1.54, 1.807) is 36.4 Å². The zero-order chi connectivity index (χ0) is 18.2. The Bertz CT molecular complexity index is 799. The molecule has 0 atom stereocenters. The normalized spacial score (nSPS) is 11.0. The maximum absolute atomic E-state index is 12.4. The minimum absolute atomic E-state index is 0.0545. The Kier molecular flexibility index (Phi) is 6.53. The van der Waals surface area contributed by atoms with Crippen molar-refractivity contribution in [1.82, 2.24) is 10.6 Å². The third-order valence-electron chi connectivity index (χ3n) is 3.07. The molecule has 1 aromatic heterocycles. The number of aliphatic carboxylic acids is 1. The lowest BCUT2D eigenvalue weighted by molar-refractivity contribution is -0.136. The Hall–Kier alpha value is -2.87. The van der Waals surface area contributed by atoms with E-state index in [2.05, 4.69) is 26.6 Å². The van der Waals surface area contributed by atoms with Crippen LogP contribution >= 0.6 is 15.9 Å². The second-order valence-corrected chi connectivity index (χ2v) is 5.76. The molecular formula is C17H15BrN2O5. The highest BCUT2D eigenvalue weighted by Crippen LogP contribution is 2.16. The zero-order valence-electron chi connectivity index (χ0n) is 13.0. The van der Waals surface area contributed by atoms with Gasteiger partial charge in [-0.05, 0) is 40.2 Å². The van der Waals surface area contributed by atoms with Crippen molar-refractivity contribution in [3.63, 3.8) is 0 Å². The van der Waals surface area contributed by atoms with E-state index in [9.17, 15) is 14.4 Å². The van der Waals surface area contributed by atoms with Gasteiger partial charge in [-0.25, -0.2) is 0 Å². The minimum atomic E-state index is -1.03. The van der Waals surface area contributed by atoms with E-state index in [4.69, 9.17) is 9.52 Å². The maximum atomic E-state index is 12.4. The summed E-state index contributed by atoms with van der Waals surface area (Å²) in [7, 11) is 0. The first kappa shape index (κ1) is 18.5. The summed E-state index contributed by atoms with van der Waals surface area (Å²) < 4.78 is 5.74. The second kappa shape index (κ2) is 8.84. The maximum Gasteiger partial charge on any atom is 0.305 e. The molecule has 0 aliphatic heterocycles. The van der Waals surface area contributed by atoms with E-state index < -0.39 is 17.8 Å². The summed E-state index contributed by atoms with van der Waals surface area (Å²) in [5.74, 6) is -1.76. The fourth-order valence-electron chi connectivity index (χ4n) is 1.89. The number of nitrogens with one attached hydrogen (secondary N) is 2. The Labute approximate surface area is 151 Å². The average molecular weight is 407 g/mol. The summed E-state index contributed by atoms with van der Waals surface area (Å²) in [6.07, 6.45) is 2.57. The van der Waals surface area contributed by atoms with Crippen LogP contribution in [0.4, 0.5) is 0 Å². The van der Waals surface area contributed by atoms with E-state index in [0.717, 1.165) is 0 Å². The Morgan fingerprint density at radius 3 is 2.56 bits per heavy atom. The molecule has 0 fully saturated rings. The van der Waals surface area contributed by atoms with Crippen molar-refractivity contribution < 1.29 is 23.9 Å². The summed E-state index contributed by atoms with van der Waals surface area (Å²) in [6, 6.07) is 10.0. The van der Waals surface area contributed by atoms with Crippen molar-refractivity contribution in [2.75, 3.05) is 6.54 Å². The number of carboxylic acids is 1. The molecule has 0 saturated heterocycles. The molecule has 0 unspecified atom stereocenters. The molecular weight excluding hydrogens is 392 g/mol. The SMILES string of the molecule is O=C(O)CCNC(=O)/C(=C\c1ccco1)NC(=O)c1ccccc1Br. The quantitative estimate of drug-likeness (QED) is 0.611. The monoisotopic (exact) mass is 406 g/mol. The van der Waals surface area contributed by atoms with Gasteiger partial charge in [0.05, 0.1) is 18.2 Å². The molecule has 1 aromatic carbocycles. The molecule has 7 nitrogen and oxygen atoms in total. The molecule has 0 radical (unpaired) electrons. The molecule has 0 saturated carbocycles. The van der Waals surface area contributed by atoms with Gasteiger partial charge in [-0.1, -0.05) is 12.1 Å². The number of furan rings is 1. The highest BCUT2D eigenvalue weighted by molar-refractivity contribution is 9.10. The van der Waals surface area contributed by atoms with Crippen molar-refractivity contribution in [3.8, 4) is 0 Å². The number of hydrogen-bond acceptors (Lipinski definition) is 4. The predicted molar refractivity (Wildman–Crippen MR) is 93.6 cm³/mol. The zero-order valence-corrected chi connectivity index (χ0v) is 14.6. The van der Waals surface area contributed by atoms with Crippen molar-refractivity contribution in [1.29, 1.82) is 0 Å². The first-order valence-corrected chi connectivity index (χ1v) is 8.07. The van der Waals surface area contributed by atoms with Crippen LogP contribution in [-0.4, -0.2) is 29.4 Å². The predicted octanol–water partition coefficient (Wildman–Crippen LogP) is 2.40. The number of rotatable bonds is 7. The molecule has 0 aliphatic rings.